The van der Waals surface area contributed by atoms with Gasteiger partial charge in [0.05, 0.1) is 31.3 Å². The molecule has 4 saturated carbocycles. The van der Waals surface area contributed by atoms with Crippen molar-refractivity contribution in [1.82, 2.24) is 0 Å². The molecule has 5 fully saturated rings. The maximum Gasteiger partial charge on any atom is 0.178 e. The van der Waals surface area contributed by atoms with Crippen molar-refractivity contribution in [3.05, 3.63) is 42.0 Å². The first-order valence-corrected chi connectivity index (χ1v) is 15.4. The van der Waals surface area contributed by atoms with Crippen LogP contribution in [-0.4, -0.2) is 58.7 Å². The van der Waals surface area contributed by atoms with Gasteiger partial charge in [-0.25, -0.2) is 0 Å². The van der Waals surface area contributed by atoms with Crippen LogP contribution in [0, 0.1) is 46.8 Å². The molecule has 0 bridgehead atoms. The quantitative estimate of drug-likeness (QED) is 0.366. The highest BCUT2D eigenvalue weighted by Crippen LogP contribution is 2.69. The predicted molar refractivity (Wildman–Crippen MR) is 153 cm³/mol. The number of aliphatic hydroxyl groups excluding tert-OH is 1. The molecule has 0 aromatic heterocycles. The lowest BCUT2D eigenvalue weighted by Crippen LogP contribution is -2.67. The zero-order chi connectivity index (χ0) is 28.3. The van der Waals surface area contributed by atoms with Gasteiger partial charge >= 0.3 is 0 Å². The number of hydrogen-bond acceptors (Lipinski definition) is 6. The van der Waals surface area contributed by atoms with Crippen molar-refractivity contribution in [1.29, 1.82) is 0 Å². The van der Waals surface area contributed by atoms with Crippen molar-refractivity contribution in [2.75, 3.05) is 26.4 Å². The van der Waals surface area contributed by atoms with Gasteiger partial charge in [0.2, 0.25) is 0 Å². The maximum atomic E-state index is 13.2. The van der Waals surface area contributed by atoms with Gasteiger partial charge in [-0.3, -0.25) is 0 Å². The van der Waals surface area contributed by atoms with Crippen LogP contribution in [0.15, 0.2) is 30.8 Å². The number of rotatable bonds is 4. The molecule has 1 spiro atoms. The van der Waals surface area contributed by atoms with Crippen molar-refractivity contribution >= 4 is 5.76 Å². The number of benzene rings is 1. The van der Waals surface area contributed by atoms with E-state index in [1.807, 2.05) is 25.1 Å². The van der Waals surface area contributed by atoms with Gasteiger partial charge in [0.25, 0.3) is 0 Å². The molecule has 4 aliphatic carbocycles. The number of aliphatic hydroxyl groups is 3. The molecule has 1 unspecified atom stereocenters. The zero-order valence-electron chi connectivity index (χ0n) is 24.3. The molecule has 40 heavy (non-hydrogen) atoms. The fourth-order valence-electron chi connectivity index (χ4n) is 10.2. The molecule has 9 atom stereocenters. The minimum atomic E-state index is -1.06. The summed E-state index contributed by atoms with van der Waals surface area (Å²) in [5, 5.41) is 34.2. The van der Waals surface area contributed by atoms with E-state index in [0.717, 1.165) is 49.7 Å². The second-order valence-electron chi connectivity index (χ2n) is 13.3. The normalized spacial score (nSPS) is 43.2. The van der Waals surface area contributed by atoms with Crippen molar-refractivity contribution in [2.24, 2.45) is 35.0 Å². The van der Waals surface area contributed by atoms with E-state index in [2.05, 4.69) is 38.3 Å². The topological polar surface area (TPSA) is 88.4 Å². The average Bonchev–Trinajstić information content (AvgIpc) is 3.51. The van der Waals surface area contributed by atoms with E-state index in [1.165, 1.54) is 0 Å². The van der Waals surface area contributed by atoms with Crippen LogP contribution in [0.4, 0.5) is 0 Å². The van der Waals surface area contributed by atoms with Gasteiger partial charge in [-0.05, 0) is 80.6 Å². The second kappa shape index (κ2) is 10.1. The number of hydrogen-bond donors (Lipinski definition) is 3. The molecule has 0 amide bonds. The lowest BCUT2D eigenvalue weighted by Gasteiger charge is -2.64. The van der Waals surface area contributed by atoms with Crippen LogP contribution in [0.3, 0.4) is 0 Å². The zero-order valence-corrected chi connectivity index (χ0v) is 24.3. The molecular formula is C34H46O6. The van der Waals surface area contributed by atoms with E-state index in [-0.39, 0.29) is 29.8 Å². The number of fused-ring (bicyclic) bond motifs is 5. The largest absolute Gasteiger partial charge is 0.494 e. The molecule has 218 valence electrons. The Labute approximate surface area is 239 Å². The molecule has 1 heterocycles. The van der Waals surface area contributed by atoms with E-state index in [1.54, 1.807) is 0 Å². The molecule has 3 N–H and O–H groups in total. The van der Waals surface area contributed by atoms with Crippen molar-refractivity contribution in [3.63, 3.8) is 0 Å². The van der Waals surface area contributed by atoms with Crippen LogP contribution in [0.5, 0.6) is 0 Å². The lowest BCUT2D eigenvalue weighted by molar-refractivity contribution is -0.287. The van der Waals surface area contributed by atoms with Crippen LogP contribution in [0.25, 0.3) is 5.76 Å². The molecule has 6 rings (SSSR count). The van der Waals surface area contributed by atoms with E-state index in [9.17, 15) is 15.3 Å². The fourth-order valence-corrected chi connectivity index (χ4v) is 10.2. The van der Waals surface area contributed by atoms with Gasteiger partial charge in [0.15, 0.2) is 5.79 Å². The van der Waals surface area contributed by atoms with Gasteiger partial charge < -0.3 is 29.5 Å². The smallest absolute Gasteiger partial charge is 0.178 e. The van der Waals surface area contributed by atoms with Crippen molar-refractivity contribution in [2.45, 2.75) is 88.6 Å². The Morgan fingerprint density at radius 1 is 1.05 bits per heavy atom. The predicted octanol–water partition coefficient (Wildman–Crippen LogP) is 4.87. The summed E-state index contributed by atoms with van der Waals surface area (Å²) in [5.41, 5.74) is -0.483. The first-order valence-electron chi connectivity index (χ1n) is 15.4. The summed E-state index contributed by atoms with van der Waals surface area (Å²) in [7, 11) is 0. The lowest BCUT2D eigenvalue weighted by atomic mass is 9.43. The second-order valence-corrected chi connectivity index (χ2v) is 13.3. The van der Waals surface area contributed by atoms with Crippen molar-refractivity contribution in [3.8, 4) is 11.8 Å². The summed E-state index contributed by atoms with van der Waals surface area (Å²) in [6.07, 6.45) is 5.89. The Kier molecular flexibility index (Phi) is 7.16. The molecule has 1 aromatic rings. The minimum absolute atomic E-state index is 0.00158. The Morgan fingerprint density at radius 2 is 1.77 bits per heavy atom. The van der Waals surface area contributed by atoms with Crippen LogP contribution in [0.1, 0.15) is 82.8 Å². The molecule has 6 nitrogen and oxygen atoms in total. The summed E-state index contributed by atoms with van der Waals surface area (Å²) < 4.78 is 18.8. The molecule has 0 radical (unpaired) electrons. The summed E-state index contributed by atoms with van der Waals surface area (Å²) in [6, 6.07) is 8.17. The highest BCUT2D eigenvalue weighted by Gasteiger charge is 2.70. The Hall–Kier alpha value is -1.88. The molecule has 6 heteroatoms. The van der Waals surface area contributed by atoms with Crippen molar-refractivity contribution < 1.29 is 29.5 Å². The Balaban J connectivity index is 1.41. The first kappa shape index (κ1) is 28.2. The summed E-state index contributed by atoms with van der Waals surface area (Å²) in [5.74, 6) is 6.42. The van der Waals surface area contributed by atoms with Crippen LogP contribution >= 0.6 is 0 Å². The first-order chi connectivity index (χ1) is 19.1. The fraction of sp³-hybridized carbons (Fsp3) is 0.706. The van der Waals surface area contributed by atoms with Gasteiger partial charge in [0, 0.05) is 17.4 Å². The van der Waals surface area contributed by atoms with E-state index in [0.29, 0.717) is 49.8 Å². The monoisotopic (exact) mass is 550 g/mol. The average molecular weight is 551 g/mol. The number of ether oxygens (including phenoxy) is 3. The SMILES string of the molecule is C=C(OCC)c1ccccc1C1C2(CC[C@@H]3[C@H]4CC[C@@]5(C)[C@@H](CC[C@@]5(O)C#CCO)[C@@H]4C[C@@H](C)[C@@]13O)OCCO2. The van der Waals surface area contributed by atoms with Crippen LogP contribution in [0.2, 0.25) is 0 Å². The van der Waals surface area contributed by atoms with Crippen LogP contribution in [-0.2, 0) is 14.2 Å². The Bertz CT molecular complexity index is 1190. The van der Waals surface area contributed by atoms with E-state index in [4.69, 9.17) is 14.2 Å². The van der Waals surface area contributed by atoms with Crippen LogP contribution < -0.4 is 0 Å². The summed E-state index contributed by atoms with van der Waals surface area (Å²) in [6.45, 7) is 12.0. The maximum absolute atomic E-state index is 13.2. The third kappa shape index (κ3) is 3.88. The minimum Gasteiger partial charge on any atom is -0.494 e. The van der Waals surface area contributed by atoms with Gasteiger partial charge in [0.1, 0.15) is 18.0 Å². The van der Waals surface area contributed by atoms with Gasteiger partial charge in [-0.15, -0.1) is 0 Å². The highest BCUT2D eigenvalue weighted by molar-refractivity contribution is 5.63. The molecular weight excluding hydrogens is 504 g/mol. The third-order valence-electron chi connectivity index (χ3n) is 11.9. The third-order valence-corrected chi connectivity index (χ3v) is 11.9. The van der Waals surface area contributed by atoms with E-state index < -0.39 is 17.0 Å². The molecule has 1 aromatic carbocycles. The summed E-state index contributed by atoms with van der Waals surface area (Å²) in [4.78, 5) is 0. The highest BCUT2D eigenvalue weighted by atomic mass is 16.7. The Morgan fingerprint density at radius 3 is 2.50 bits per heavy atom. The standard InChI is InChI=1S/C34H46O6/c1-5-38-23(3)24-9-6-7-10-26(24)30-33(39-19-20-40-33)17-13-29-25-11-15-31(4)28(12-16-32(31,36)14-8-18-35)27(25)21-22(2)34(29,30)37/h6-7,9-10,22,25,27-30,35-37H,3,5,11-13,15-21H2,1-2,4H3/t22-,25+,27-,28+,29-,30?,31+,32+,34+/m1/s1. The summed E-state index contributed by atoms with van der Waals surface area (Å²) >= 11 is 0. The molecule has 5 aliphatic rings. The molecule has 1 aliphatic heterocycles. The van der Waals surface area contributed by atoms with Gasteiger partial charge in [-0.1, -0.05) is 56.5 Å². The molecule has 1 saturated heterocycles. The van der Waals surface area contributed by atoms with Gasteiger partial charge in [-0.2, -0.15) is 0 Å². The van der Waals surface area contributed by atoms with E-state index >= 15 is 0 Å².